The Kier molecular flexibility index (Phi) is 5.06. The smallest absolute Gasteiger partial charge is 0.119 e. The third-order valence-electron chi connectivity index (χ3n) is 4.68. The lowest BCUT2D eigenvalue weighted by atomic mass is 9.98. The van der Waals surface area contributed by atoms with E-state index in [0.717, 1.165) is 39.2 Å². The van der Waals surface area contributed by atoms with Gasteiger partial charge in [-0.3, -0.25) is 5.01 Å². The number of hydrogen-bond acceptors (Lipinski definition) is 3. The molecule has 0 saturated carbocycles. The number of nitrogens with zero attached hydrogens (tertiary/aromatic N) is 2. The first-order valence-electron chi connectivity index (χ1n) is 8.66. The lowest BCUT2D eigenvalue weighted by Crippen LogP contribution is -2.18. The highest BCUT2D eigenvalue weighted by Crippen LogP contribution is 2.37. The molecule has 0 amide bonds. The molecule has 1 unspecified atom stereocenters. The van der Waals surface area contributed by atoms with Crippen LogP contribution < -0.4 is 9.75 Å². The van der Waals surface area contributed by atoms with Crippen LogP contribution in [0, 0.1) is 0 Å². The molecule has 27 heavy (non-hydrogen) atoms. The number of benzene rings is 3. The zero-order valence-electron chi connectivity index (χ0n) is 14.8. The van der Waals surface area contributed by atoms with Gasteiger partial charge in [-0.25, -0.2) is 0 Å². The fourth-order valence-corrected chi connectivity index (χ4v) is 3.50. The standard InChI is InChI=1S/C22H18Cl2N2O/c1-27-20-12-10-19(11-13-20)26-22(16-4-8-18(24)9-5-16)14-21(25-26)15-2-6-17(23)7-3-15/h2-13,22H,14H2,1H3. The minimum atomic E-state index is 0.0985. The molecule has 0 N–H and O–H groups in total. The van der Waals surface area contributed by atoms with Crippen molar-refractivity contribution in [2.45, 2.75) is 12.5 Å². The zero-order valence-corrected chi connectivity index (χ0v) is 16.3. The van der Waals surface area contributed by atoms with E-state index in [4.69, 9.17) is 33.0 Å². The van der Waals surface area contributed by atoms with Gasteiger partial charge in [-0.15, -0.1) is 0 Å². The van der Waals surface area contributed by atoms with Crippen LogP contribution in [0.4, 0.5) is 5.69 Å². The van der Waals surface area contributed by atoms with Crippen LogP contribution >= 0.6 is 23.2 Å². The highest BCUT2D eigenvalue weighted by atomic mass is 35.5. The number of rotatable bonds is 4. The molecule has 3 nitrogen and oxygen atoms in total. The Morgan fingerprint density at radius 1 is 0.852 bits per heavy atom. The molecule has 3 aromatic rings. The quantitative estimate of drug-likeness (QED) is 0.512. The molecule has 0 aliphatic carbocycles. The van der Waals surface area contributed by atoms with E-state index in [0.29, 0.717) is 0 Å². The van der Waals surface area contributed by atoms with Crippen molar-refractivity contribution in [3.8, 4) is 5.75 Å². The predicted octanol–water partition coefficient (Wildman–Crippen LogP) is 6.36. The largest absolute Gasteiger partial charge is 0.497 e. The highest BCUT2D eigenvalue weighted by Gasteiger charge is 2.29. The molecule has 0 bridgehead atoms. The molecule has 3 aromatic carbocycles. The Morgan fingerprint density at radius 2 is 1.44 bits per heavy atom. The van der Waals surface area contributed by atoms with E-state index >= 15 is 0 Å². The van der Waals surface area contributed by atoms with Gasteiger partial charge in [-0.05, 0) is 59.7 Å². The summed E-state index contributed by atoms with van der Waals surface area (Å²) < 4.78 is 5.28. The van der Waals surface area contributed by atoms with Gasteiger partial charge < -0.3 is 4.74 Å². The Balaban J connectivity index is 1.72. The summed E-state index contributed by atoms with van der Waals surface area (Å²) in [4.78, 5) is 0. The van der Waals surface area contributed by atoms with E-state index in [1.165, 1.54) is 5.56 Å². The summed E-state index contributed by atoms with van der Waals surface area (Å²) in [5, 5.41) is 8.44. The van der Waals surface area contributed by atoms with Gasteiger partial charge in [-0.2, -0.15) is 5.10 Å². The van der Waals surface area contributed by atoms with Crippen molar-refractivity contribution < 1.29 is 4.74 Å². The monoisotopic (exact) mass is 396 g/mol. The topological polar surface area (TPSA) is 24.8 Å². The van der Waals surface area contributed by atoms with E-state index < -0.39 is 0 Å². The van der Waals surface area contributed by atoms with Crippen LogP contribution in [0.3, 0.4) is 0 Å². The summed E-state index contributed by atoms with van der Waals surface area (Å²) >= 11 is 12.1. The predicted molar refractivity (Wildman–Crippen MR) is 112 cm³/mol. The Morgan fingerprint density at radius 3 is 2.04 bits per heavy atom. The number of halogens is 2. The zero-order chi connectivity index (χ0) is 18.8. The average Bonchev–Trinajstić information content (AvgIpc) is 3.14. The van der Waals surface area contributed by atoms with Crippen molar-refractivity contribution in [1.29, 1.82) is 0 Å². The van der Waals surface area contributed by atoms with Gasteiger partial charge in [0.2, 0.25) is 0 Å². The summed E-state index contributed by atoms with van der Waals surface area (Å²) in [5.41, 5.74) is 4.29. The molecule has 1 aliphatic heterocycles. The van der Waals surface area contributed by atoms with Crippen molar-refractivity contribution >= 4 is 34.6 Å². The first-order chi connectivity index (χ1) is 13.1. The number of methoxy groups -OCH3 is 1. The highest BCUT2D eigenvalue weighted by molar-refractivity contribution is 6.31. The second-order valence-corrected chi connectivity index (χ2v) is 7.24. The summed E-state index contributed by atoms with van der Waals surface area (Å²) in [6.45, 7) is 0. The van der Waals surface area contributed by atoms with Crippen LogP contribution in [0.2, 0.25) is 10.0 Å². The van der Waals surface area contributed by atoms with Crippen LogP contribution in [0.25, 0.3) is 0 Å². The van der Waals surface area contributed by atoms with Gasteiger partial charge in [0, 0.05) is 16.5 Å². The fourth-order valence-electron chi connectivity index (χ4n) is 3.24. The van der Waals surface area contributed by atoms with Gasteiger partial charge in [0.15, 0.2) is 0 Å². The number of anilines is 1. The van der Waals surface area contributed by atoms with Crippen LogP contribution in [0.15, 0.2) is 77.9 Å². The van der Waals surface area contributed by atoms with Crippen molar-refractivity contribution in [1.82, 2.24) is 0 Å². The van der Waals surface area contributed by atoms with Gasteiger partial charge in [-0.1, -0.05) is 47.5 Å². The molecule has 5 heteroatoms. The first kappa shape index (κ1) is 17.9. The SMILES string of the molecule is COc1ccc(N2N=C(c3ccc(Cl)cc3)CC2c2ccc(Cl)cc2)cc1. The van der Waals surface area contributed by atoms with Crippen molar-refractivity contribution in [3.63, 3.8) is 0 Å². The van der Waals surface area contributed by atoms with Crippen LogP contribution in [-0.2, 0) is 0 Å². The van der Waals surface area contributed by atoms with Crippen LogP contribution in [0.5, 0.6) is 5.75 Å². The van der Waals surface area contributed by atoms with Gasteiger partial charge >= 0.3 is 0 Å². The summed E-state index contributed by atoms with van der Waals surface area (Å²) in [6.07, 6.45) is 0.801. The maximum absolute atomic E-state index is 6.08. The molecule has 1 aliphatic rings. The summed E-state index contributed by atoms with van der Waals surface area (Å²) in [5.74, 6) is 0.822. The van der Waals surface area contributed by atoms with E-state index in [2.05, 4.69) is 17.1 Å². The molecule has 136 valence electrons. The molecule has 0 aromatic heterocycles. The Bertz CT molecular complexity index is 951. The molecule has 0 fully saturated rings. The van der Waals surface area contributed by atoms with Crippen molar-refractivity contribution in [2.24, 2.45) is 5.10 Å². The van der Waals surface area contributed by atoms with Crippen LogP contribution in [0.1, 0.15) is 23.6 Å². The number of ether oxygens (including phenoxy) is 1. The Labute approximate surface area is 168 Å². The van der Waals surface area contributed by atoms with Crippen molar-refractivity contribution in [3.05, 3.63) is 94.0 Å². The number of hydrazone groups is 1. The summed E-state index contributed by atoms with van der Waals surface area (Å²) in [7, 11) is 1.66. The van der Waals surface area contributed by atoms with Gasteiger partial charge in [0.25, 0.3) is 0 Å². The minimum Gasteiger partial charge on any atom is -0.497 e. The molecule has 0 radical (unpaired) electrons. The molecule has 1 atom stereocenters. The maximum atomic E-state index is 6.08. The van der Waals surface area contributed by atoms with Crippen molar-refractivity contribution in [2.75, 3.05) is 12.1 Å². The first-order valence-corrected chi connectivity index (χ1v) is 9.42. The lowest BCUT2D eigenvalue weighted by molar-refractivity contribution is 0.415. The molecule has 4 rings (SSSR count). The Hall–Kier alpha value is -2.49. The molecule has 1 heterocycles. The summed E-state index contributed by atoms with van der Waals surface area (Å²) in [6, 6.07) is 23.8. The van der Waals surface area contributed by atoms with E-state index in [1.54, 1.807) is 7.11 Å². The number of hydrogen-bond donors (Lipinski definition) is 0. The molecule has 0 saturated heterocycles. The van der Waals surface area contributed by atoms with Crippen LogP contribution in [-0.4, -0.2) is 12.8 Å². The maximum Gasteiger partial charge on any atom is 0.119 e. The fraction of sp³-hybridized carbons (Fsp3) is 0.136. The molecular formula is C22H18Cl2N2O. The van der Waals surface area contributed by atoms with Gasteiger partial charge in [0.1, 0.15) is 5.75 Å². The van der Waals surface area contributed by atoms with Gasteiger partial charge in [0.05, 0.1) is 24.6 Å². The lowest BCUT2D eigenvalue weighted by Gasteiger charge is -2.24. The van der Waals surface area contributed by atoms with E-state index in [-0.39, 0.29) is 6.04 Å². The third-order valence-corrected chi connectivity index (χ3v) is 5.18. The van der Waals surface area contributed by atoms with E-state index in [1.807, 2.05) is 60.7 Å². The molecular weight excluding hydrogens is 379 g/mol. The third kappa shape index (κ3) is 3.80. The normalized spacial score (nSPS) is 16.3. The minimum absolute atomic E-state index is 0.0985. The second kappa shape index (κ2) is 7.63. The second-order valence-electron chi connectivity index (χ2n) is 6.37. The average molecular weight is 397 g/mol. The molecule has 0 spiro atoms. The van der Waals surface area contributed by atoms with E-state index in [9.17, 15) is 0 Å².